The van der Waals surface area contributed by atoms with Gasteiger partial charge in [0.1, 0.15) is 0 Å². The summed E-state index contributed by atoms with van der Waals surface area (Å²) in [6.07, 6.45) is 3.54. The summed E-state index contributed by atoms with van der Waals surface area (Å²) in [5.41, 5.74) is 1.39. The minimum atomic E-state index is 0.754. The fourth-order valence-electron chi connectivity index (χ4n) is 1.51. The summed E-state index contributed by atoms with van der Waals surface area (Å²) in [6, 6.07) is 0. The molecule has 14 heavy (non-hydrogen) atoms. The Morgan fingerprint density at radius 2 is 1.86 bits per heavy atom. The number of rotatable bonds is 8. The Bertz CT molecular complexity index is 151. The lowest BCUT2D eigenvalue weighted by Gasteiger charge is -2.21. The molecule has 0 aromatic carbocycles. The van der Waals surface area contributed by atoms with E-state index in [9.17, 15) is 0 Å². The van der Waals surface area contributed by atoms with Gasteiger partial charge in [0.25, 0.3) is 0 Å². The minimum absolute atomic E-state index is 0.754. The molecule has 0 spiro atoms. The monoisotopic (exact) mass is 197 g/mol. The second kappa shape index (κ2) is 8.05. The predicted octanol–water partition coefficient (Wildman–Crippen LogP) is 3.61. The first kappa shape index (κ1) is 13.7. The fraction of sp³-hybridized carbons (Fsp3) is 0.846. The molecule has 0 saturated heterocycles. The van der Waals surface area contributed by atoms with Gasteiger partial charge < -0.3 is 5.32 Å². The lowest BCUT2D eigenvalue weighted by atomic mass is 9.89. The highest BCUT2D eigenvalue weighted by Gasteiger charge is 2.11. The van der Waals surface area contributed by atoms with Crippen LogP contribution in [0.5, 0.6) is 0 Å². The largest absolute Gasteiger partial charge is 0.316 e. The molecule has 0 fully saturated rings. The maximum atomic E-state index is 4.07. The van der Waals surface area contributed by atoms with E-state index in [1.807, 2.05) is 0 Å². The van der Waals surface area contributed by atoms with Crippen molar-refractivity contribution in [1.82, 2.24) is 5.32 Å². The van der Waals surface area contributed by atoms with Gasteiger partial charge in [-0.1, -0.05) is 39.8 Å². The molecule has 1 heteroatoms. The van der Waals surface area contributed by atoms with Crippen molar-refractivity contribution in [3.8, 4) is 0 Å². The molecule has 1 nitrogen and oxygen atoms in total. The van der Waals surface area contributed by atoms with E-state index < -0.39 is 0 Å². The first-order valence-electron chi connectivity index (χ1n) is 5.99. The van der Waals surface area contributed by atoms with Gasteiger partial charge in [-0.3, -0.25) is 0 Å². The van der Waals surface area contributed by atoms with Crippen molar-refractivity contribution in [2.24, 2.45) is 11.8 Å². The second-order valence-corrected chi connectivity index (χ2v) is 4.47. The van der Waals surface area contributed by atoms with Crippen LogP contribution >= 0.6 is 0 Å². The zero-order valence-corrected chi connectivity index (χ0v) is 10.4. The van der Waals surface area contributed by atoms with E-state index in [0.29, 0.717) is 0 Å². The van der Waals surface area contributed by atoms with Crippen LogP contribution in [-0.4, -0.2) is 13.1 Å². The molecule has 84 valence electrons. The summed E-state index contributed by atoms with van der Waals surface area (Å²) in [6.45, 7) is 15.4. The van der Waals surface area contributed by atoms with Crippen molar-refractivity contribution in [3.05, 3.63) is 12.2 Å². The molecular weight excluding hydrogens is 170 g/mol. The zero-order chi connectivity index (χ0) is 11.0. The second-order valence-electron chi connectivity index (χ2n) is 4.47. The molecule has 1 N–H and O–H groups in total. The van der Waals surface area contributed by atoms with E-state index in [4.69, 9.17) is 0 Å². The highest BCUT2D eigenvalue weighted by atomic mass is 14.8. The van der Waals surface area contributed by atoms with Gasteiger partial charge in [0.2, 0.25) is 0 Å². The van der Waals surface area contributed by atoms with Gasteiger partial charge in [0, 0.05) is 0 Å². The van der Waals surface area contributed by atoms with E-state index in [0.717, 1.165) is 31.3 Å². The lowest BCUT2D eigenvalue weighted by Crippen LogP contribution is -2.25. The predicted molar refractivity (Wildman–Crippen MR) is 65.5 cm³/mol. The average Bonchev–Trinajstić information content (AvgIpc) is 2.17. The van der Waals surface area contributed by atoms with Crippen LogP contribution in [0.1, 0.15) is 47.0 Å². The third-order valence-corrected chi connectivity index (χ3v) is 2.98. The molecule has 0 aliphatic rings. The molecule has 2 unspecified atom stereocenters. The normalized spacial score (nSPS) is 15.1. The van der Waals surface area contributed by atoms with Crippen LogP contribution in [0.2, 0.25) is 0 Å². The number of nitrogens with one attached hydrogen (secondary N) is 1. The van der Waals surface area contributed by atoms with Gasteiger partial charge in [0.15, 0.2) is 0 Å². The van der Waals surface area contributed by atoms with Gasteiger partial charge in [0.05, 0.1) is 0 Å². The zero-order valence-electron chi connectivity index (χ0n) is 10.4. The molecule has 0 amide bonds. The SMILES string of the molecule is C=C(CC)CC(C)C(C)CNCCC. The number of hydrogen-bond acceptors (Lipinski definition) is 1. The Labute approximate surface area is 90.0 Å². The Kier molecular flexibility index (Phi) is 7.87. The van der Waals surface area contributed by atoms with E-state index in [2.05, 4.69) is 39.6 Å². The molecule has 0 aromatic rings. The molecule has 0 aliphatic carbocycles. The molecular formula is C13H27N. The molecule has 0 rings (SSSR count). The highest BCUT2D eigenvalue weighted by Crippen LogP contribution is 2.19. The summed E-state index contributed by atoms with van der Waals surface area (Å²) in [7, 11) is 0. The van der Waals surface area contributed by atoms with E-state index in [1.165, 1.54) is 18.4 Å². The van der Waals surface area contributed by atoms with Crippen molar-refractivity contribution < 1.29 is 0 Å². The standard InChI is InChI=1S/C13H27N/c1-6-8-14-10-13(5)12(4)9-11(3)7-2/h12-14H,3,6-10H2,1-2,4-5H3. The quantitative estimate of drug-likeness (QED) is 0.463. The molecule has 0 radical (unpaired) electrons. The van der Waals surface area contributed by atoms with Crippen molar-refractivity contribution in [2.75, 3.05) is 13.1 Å². The molecule has 0 heterocycles. The Hall–Kier alpha value is -0.300. The van der Waals surface area contributed by atoms with Crippen molar-refractivity contribution in [3.63, 3.8) is 0 Å². The third-order valence-electron chi connectivity index (χ3n) is 2.98. The van der Waals surface area contributed by atoms with Crippen LogP contribution in [0, 0.1) is 11.8 Å². The first-order chi connectivity index (χ1) is 6.61. The molecule has 0 bridgehead atoms. The van der Waals surface area contributed by atoms with E-state index in [-0.39, 0.29) is 0 Å². The van der Waals surface area contributed by atoms with Gasteiger partial charge >= 0.3 is 0 Å². The Morgan fingerprint density at radius 3 is 2.36 bits per heavy atom. The van der Waals surface area contributed by atoms with E-state index in [1.54, 1.807) is 0 Å². The van der Waals surface area contributed by atoms with Gasteiger partial charge in [-0.05, 0) is 44.2 Å². The highest BCUT2D eigenvalue weighted by molar-refractivity contribution is 4.94. The smallest absolute Gasteiger partial charge is 0.00205 e. The fourth-order valence-corrected chi connectivity index (χ4v) is 1.51. The van der Waals surface area contributed by atoms with Crippen molar-refractivity contribution >= 4 is 0 Å². The average molecular weight is 197 g/mol. The summed E-state index contributed by atoms with van der Waals surface area (Å²) in [4.78, 5) is 0. The molecule has 0 aromatic heterocycles. The van der Waals surface area contributed by atoms with Crippen LogP contribution < -0.4 is 5.32 Å². The van der Waals surface area contributed by atoms with Crippen LogP contribution in [0.15, 0.2) is 12.2 Å². The van der Waals surface area contributed by atoms with Crippen LogP contribution in [0.25, 0.3) is 0 Å². The lowest BCUT2D eigenvalue weighted by molar-refractivity contribution is 0.363. The molecule has 2 atom stereocenters. The summed E-state index contributed by atoms with van der Waals surface area (Å²) in [5.74, 6) is 1.51. The van der Waals surface area contributed by atoms with Crippen LogP contribution in [0.3, 0.4) is 0 Å². The maximum Gasteiger partial charge on any atom is -0.00205 e. The van der Waals surface area contributed by atoms with Gasteiger partial charge in [-0.2, -0.15) is 0 Å². The first-order valence-corrected chi connectivity index (χ1v) is 5.99. The maximum absolute atomic E-state index is 4.07. The van der Waals surface area contributed by atoms with Crippen molar-refractivity contribution in [2.45, 2.75) is 47.0 Å². The third kappa shape index (κ3) is 6.20. The number of hydrogen-bond donors (Lipinski definition) is 1. The van der Waals surface area contributed by atoms with E-state index >= 15 is 0 Å². The minimum Gasteiger partial charge on any atom is -0.316 e. The van der Waals surface area contributed by atoms with Crippen LogP contribution in [-0.2, 0) is 0 Å². The van der Waals surface area contributed by atoms with Crippen LogP contribution in [0.4, 0.5) is 0 Å². The van der Waals surface area contributed by atoms with Crippen molar-refractivity contribution in [1.29, 1.82) is 0 Å². The van der Waals surface area contributed by atoms with Gasteiger partial charge in [-0.25, -0.2) is 0 Å². The topological polar surface area (TPSA) is 12.0 Å². The summed E-state index contributed by atoms with van der Waals surface area (Å²) in [5, 5.41) is 3.48. The molecule has 0 aliphatic heterocycles. The number of allylic oxidation sites excluding steroid dienone is 1. The van der Waals surface area contributed by atoms with Gasteiger partial charge in [-0.15, -0.1) is 0 Å². The Balaban J connectivity index is 3.64. The summed E-state index contributed by atoms with van der Waals surface area (Å²) < 4.78 is 0. The Morgan fingerprint density at radius 1 is 1.21 bits per heavy atom. The summed E-state index contributed by atoms with van der Waals surface area (Å²) >= 11 is 0. The molecule has 0 saturated carbocycles.